The number of ether oxygens (including phenoxy) is 1. The highest BCUT2D eigenvalue weighted by Gasteiger charge is 2.44. The maximum atomic E-state index is 13.3. The van der Waals surface area contributed by atoms with Crippen molar-refractivity contribution in [3.8, 4) is 5.75 Å². The van der Waals surface area contributed by atoms with Gasteiger partial charge in [0.2, 0.25) is 0 Å². The van der Waals surface area contributed by atoms with Crippen molar-refractivity contribution in [1.29, 1.82) is 0 Å². The standard InChI is InChI=1S/C24H26N2O3/c1-15(2)26-23(27)21(18-9-11-19(12-10-18)29-16(3)4)22(24(26)28)25-14-13-17-7-5-6-8-20(17)25/h5-12,15-16H,13-14H2,1-4H3. The Labute approximate surface area is 171 Å². The van der Waals surface area contributed by atoms with Crippen LogP contribution >= 0.6 is 0 Å². The first-order valence-electron chi connectivity index (χ1n) is 10.1. The number of amides is 2. The maximum absolute atomic E-state index is 13.3. The van der Waals surface area contributed by atoms with Gasteiger partial charge < -0.3 is 9.64 Å². The lowest BCUT2D eigenvalue weighted by Gasteiger charge is -2.23. The van der Waals surface area contributed by atoms with Crippen LogP contribution in [0.3, 0.4) is 0 Å². The van der Waals surface area contributed by atoms with Crippen molar-refractivity contribution >= 4 is 23.1 Å². The van der Waals surface area contributed by atoms with Gasteiger partial charge in [0.25, 0.3) is 11.8 Å². The number of anilines is 1. The van der Waals surface area contributed by atoms with Crippen molar-refractivity contribution in [3.63, 3.8) is 0 Å². The third kappa shape index (κ3) is 3.31. The average molecular weight is 390 g/mol. The first-order valence-corrected chi connectivity index (χ1v) is 10.1. The Hall–Kier alpha value is -3.08. The molecule has 0 saturated heterocycles. The van der Waals surface area contributed by atoms with E-state index >= 15 is 0 Å². The molecule has 2 aliphatic rings. The number of hydrogen-bond acceptors (Lipinski definition) is 4. The number of imide groups is 1. The molecular weight excluding hydrogens is 364 g/mol. The van der Waals surface area contributed by atoms with Gasteiger partial charge in [-0.3, -0.25) is 14.5 Å². The molecule has 0 bridgehead atoms. The van der Waals surface area contributed by atoms with Gasteiger partial charge in [-0.05, 0) is 63.4 Å². The summed E-state index contributed by atoms with van der Waals surface area (Å²) in [4.78, 5) is 30.0. The highest BCUT2D eigenvalue weighted by molar-refractivity contribution is 6.37. The van der Waals surface area contributed by atoms with Crippen LogP contribution in [0.15, 0.2) is 54.2 Å². The van der Waals surface area contributed by atoms with Crippen LogP contribution in [-0.2, 0) is 16.0 Å². The minimum atomic E-state index is -0.234. The SMILES string of the molecule is CC(C)Oc1ccc(C2=C(N3CCc4ccccc43)C(=O)N(C(C)C)C2=O)cc1. The summed E-state index contributed by atoms with van der Waals surface area (Å²) >= 11 is 0. The van der Waals surface area contributed by atoms with E-state index in [0.29, 0.717) is 17.8 Å². The average Bonchev–Trinajstić information content (AvgIpc) is 3.20. The fraction of sp³-hybridized carbons (Fsp3) is 0.333. The summed E-state index contributed by atoms with van der Waals surface area (Å²) in [5.74, 6) is 0.288. The van der Waals surface area contributed by atoms with Gasteiger partial charge in [0.1, 0.15) is 11.4 Å². The van der Waals surface area contributed by atoms with Crippen LogP contribution in [0, 0.1) is 0 Å². The Morgan fingerprint density at radius 3 is 2.24 bits per heavy atom. The molecule has 0 spiro atoms. The zero-order valence-corrected chi connectivity index (χ0v) is 17.3. The van der Waals surface area contributed by atoms with Crippen LogP contribution in [0.25, 0.3) is 5.57 Å². The number of benzene rings is 2. The summed E-state index contributed by atoms with van der Waals surface area (Å²) in [6, 6.07) is 15.3. The molecule has 0 aliphatic carbocycles. The third-order valence-electron chi connectivity index (χ3n) is 5.28. The van der Waals surface area contributed by atoms with Gasteiger partial charge >= 0.3 is 0 Å². The highest BCUT2D eigenvalue weighted by Crippen LogP contribution is 2.39. The minimum Gasteiger partial charge on any atom is -0.491 e. The van der Waals surface area contributed by atoms with Crippen molar-refractivity contribution in [2.75, 3.05) is 11.4 Å². The van der Waals surface area contributed by atoms with Gasteiger partial charge in [-0.1, -0.05) is 30.3 Å². The molecule has 4 rings (SSSR count). The Balaban J connectivity index is 1.82. The molecule has 0 atom stereocenters. The molecule has 2 heterocycles. The van der Waals surface area contributed by atoms with Crippen molar-refractivity contribution < 1.29 is 14.3 Å². The molecule has 29 heavy (non-hydrogen) atoms. The molecule has 2 aromatic rings. The molecule has 0 fully saturated rings. The summed E-state index contributed by atoms with van der Waals surface area (Å²) in [6.45, 7) is 8.37. The number of carbonyl (C=O) groups is 2. The highest BCUT2D eigenvalue weighted by atomic mass is 16.5. The molecule has 0 aromatic heterocycles. The molecular formula is C24H26N2O3. The predicted molar refractivity (Wildman–Crippen MR) is 114 cm³/mol. The maximum Gasteiger partial charge on any atom is 0.278 e. The lowest BCUT2D eigenvalue weighted by atomic mass is 10.0. The van der Waals surface area contributed by atoms with E-state index in [-0.39, 0.29) is 24.0 Å². The van der Waals surface area contributed by atoms with Gasteiger partial charge in [0, 0.05) is 18.3 Å². The Bertz CT molecular complexity index is 989. The van der Waals surface area contributed by atoms with Crippen LogP contribution in [0.5, 0.6) is 5.75 Å². The molecule has 0 unspecified atom stereocenters. The van der Waals surface area contributed by atoms with Gasteiger partial charge in [-0.15, -0.1) is 0 Å². The number of nitrogens with zero attached hydrogens (tertiary/aromatic N) is 2. The number of para-hydroxylation sites is 1. The molecule has 150 valence electrons. The van der Waals surface area contributed by atoms with E-state index in [0.717, 1.165) is 23.4 Å². The third-order valence-corrected chi connectivity index (χ3v) is 5.28. The second-order valence-corrected chi connectivity index (χ2v) is 8.02. The van der Waals surface area contributed by atoms with E-state index in [2.05, 4.69) is 6.07 Å². The van der Waals surface area contributed by atoms with Crippen LogP contribution in [0.1, 0.15) is 38.8 Å². The minimum absolute atomic E-state index is 0.0721. The molecule has 0 radical (unpaired) electrons. The normalized spacial score (nSPS) is 16.5. The van der Waals surface area contributed by atoms with Gasteiger partial charge in [-0.25, -0.2) is 0 Å². The van der Waals surface area contributed by atoms with Crippen molar-refractivity contribution in [2.24, 2.45) is 0 Å². The molecule has 2 aliphatic heterocycles. The zero-order chi connectivity index (χ0) is 20.7. The van der Waals surface area contributed by atoms with Crippen LogP contribution in [0.2, 0.25) is 0 Å². The molecule has 0 saturated carbocycles. The topological polar surface area (TPSA) is 49.9 Å². The molecule has 2 amide bonds. The molecule has 5 nitrogen and oxygen atoms in total. The van der Waals surface area contributed by atoms with E-state index < -0.39 is 0 Å². The lowest BCUT2D eigenvalue weighted by Crippen LogP contribution is -2.39. The fourth-order valence-electron chi connectivity index (χ4n) is 4.06. The summed E-state index contributed by atoms with van der Waals surface area (Å²) in [5.41, 5.74) is 3.89. The second-order valence-electron chi connectivity index (χ2n) is 8.02. The van der Waals surface area contributed by atoms with Crippen LogP contribution in [0.4, 0.5) is 5.69 Å². The lowest BCUT2D eigenvalue weighted by molar-refractivity contribution is -0.138. The second kappa shape index (κ2) is 7.39. The number of rotatable bonds is 5. The summed E-state index contributed by atoms with van der Waals surface area (Å²) in [7, 11) is 0. The molecule has 0 N–H and O–H groups in total. The number of hydrogen-bond donors (Lipinski definition) is 0. The zero-order valence-electron chi connectivity index (χ0n) is 17.3. The summed E-state index contributed by atoms with van der Waals surface area (Å²) in [5, 5.41) is 0. The Kier molecular flexibility index (Phi) is 4.91. The van der Waals surface area contributed by atoms with E-state index in [1.54, 1.807) is 0 Å². The predicted octanol–water partition coefficient (Wildman–Crippen LogP) is 4.02. The van der Waals surface area contributed by atoms with Gasteiger partial charge in [0.15, 0.2) is 0 Å². The number of carbonyl (C=O) groups excluding carboxylic acids is 2. The van der Waals surface area contributed by atoms with E-state index in [1.807, 2.05) is 75.1 Å². The molecule has 2 aromatic carbocycles. The summed E-state index contributed by atoms with van der Waals surface area (Å²) < 4.78 is 5.72. The first kappa shape index (κ1) is 19.2. The quantitative estimate of drug-likeness (QED) is 0.724. The summed E-state index contributed by atoms with van der Waals surface area (Å²) in [6.07, 6.45) is 0.930. The first-order chi connectivity index (χ1) is 13.9. The van der Waals surface area contributed by atoms with E-state index in [1.165, 1.54) is 10.5 Å². The monoisotopic (exact) mass is 390 g/mol. The largest absolute Gasteiger partial charge is 0.491 e. The van der Waals surface area contributed by atoms with Gasteiger partial charge in [0.05, 0.1) is 11.7 Å². The fourth-order valence-corrected chi connectivity index (χ4v) is 4.06. The Morgan fingerprint density at radius 1 is 0.897 bits per heavy atom. The smallest absolute Gasteiger partial charge is 0.278 e. The number of fused-ring (bicyclic) bond motifs is 1. The molecule has 5 heteroatoms. The van der Waals surface area contributed by atoms with E-state index in [4.69, 9.17) is 4.74 Å². The van der Waals surface area contributed by atoms with Crippen molar-refractivity contribution in [3.05, 3.63) is 65.4 Å². The van der Waals surface area contributed by atoms with Gasteiger partial charge in [-0.2, -0.15) is 0 Å². The van der Waals surface area contributed by atoms with Crippen LogP contribution < -0.4 is 9.64 Å². The van der Waals surface area contributed by atoms with Crippen molar-refractivity contribution in [1.82, 2.24) is 4.90 Å². The van der Waals surface area contributed by atoms with E-state index in [9.17, 15) is 9.59 Å². The van der Waals surface area contributed by atoms with Crippen LogP contribution in [-0.4, -0.2) is 35.4 Å². The Morgan fingerprint density at radius 2 is 1.59 bits per heavy atom. The van der Waals surface area contributed by atoms with Crippen molar-refractivity contribution in [2.45, 2.75) is 46.3 Å².